The molecule has 0 bridgehead atoms. The van der Waals surface area contributed by atoms with Crippen LogP contribution in [0.4, 0.5) is 0 Å². The molecule has 0 aliphatic rings. The highest BCUT2D eigenvalue weighted by molar-refractivity contribution is 9.10. The van der Waals surface area contributed by atoms with E-state index in [4.69, 9.17) is 29.0 Å². The standard InChI is InChI=1S/C13H11BrCl2N2/c14-11-4-2-1-3-9(11)13(18-17)10-7-8(15)5-6-12(10)16/h1-7,13,18H,17H2. The normalized spacial score (nSPS) is 12.4. The Labute approximate surface area is 124 Å². The molecule has 5 heteroatoms. The monoisotopic (exact) mass is 344 g/mol. The van der Waals surface area contributed by atoms with Gasteiger partial charge in [-0.2, -0.15) is 0 Å². The quantitative estimate of drug-likeness (QED) is 0.642. The summed E-state index contributed by atoms with van der Waals surface area (Å²) in [4.78, 5) is 0. The molecule has 1 unspecified atom stereocenters. The summed E-state index contributed by atoms with van der Waals surface area (Å²) in [5.74, 6) is 5.65. The number of hydrogen-bond acceptors (Lipinski definition) is 2. The van der Waals surface area contributed by atoms with Gasteiger partial charge in [0.05, 0.1) is 6.04 Å². The van der Waals surface area contributed by atoms with Crippen LogP contribution in [0.15, 0.2) is 46.9 Å². The van der Waals surface area contributed by atoms with Crippen LogP contribution in [0.2, 0.25) is 10.0 Å². The Balaban J connectivity index is 2.52. The van der Waals surface area contributed by atoms with E-state index in [1.165, 1.54) is 0 Å². The maximum Gasteiger partial charge on any atom is 0.0735 e. The molecule has 0 radical (unpaired) electrons. The van der Waals surface area contributed by atoms with Crippen LogP contribution in [0, 0.1) is 0 Å². The summed E-state index contributed by atoms with van der Waals surface area (Å²) in [6, 6.07) is 12.9. The van der Waals surface area contributed by atoms with Crippen molar-refractivity contribution in [3.8, 4) is 0 Å². The third-order valence-electron chi connectivity index (χ3n) is 2.65. The highest BCUT2D eigenvalue weighted by Crippen LogP contribution is 2.33. The average molecular weight is 346 g/mol. The van der Waals surface area contributed by atoms with E-state index in [2.05, 4.69) is 21.4 Å². The number of benzene rings is 2. The minimum Gasteiger partial charge on any atom is -0.271 e. The van der Waals surface area contributed by atoms with Gasteiger partial charge in [-0.25, -0.2) is 5.43 Å². The van der Waals surface area contributed by atoms with Gasteiger partial charge in [0.15, 0.2) is 0 Å². The van der Waals surface area contributed by atoms with Gasteiger partial charge in [0.2, 0.25) is 0 Å². The van der Waals surface area contributed by atoms with E-state index >= 15 is 0 Å². The number of halogens is 3. The van der Waals surface area contributed by atoms with Crippen LogP contribution in [0.25, 0.3) is 0 Å². The van der Waals surface area contributed by atoms with Crippen molar-refractivity contribution in [2.24, 2.45) is 5.84 Å². The van der Waals surface area contributed by atoms with Crippen LogP contribution in [-0.4, -0.2) is 0 Å². The van der Waals surface area contributed by atoms with E-state index in [0.29, 0.717) is 10.0 Å². The Morgan fingerprint density at radius 2 is 1.78 bits per heavy atom. The van der Waals surface area contributed by atoms with Crippen LogP contribution < -0.4 is 11.3 Å². The SMILES string of the molecule is NNC(c1cc(Cl)ccc1Cl)c1ccccc1Br. The van der Waals surface area contributed by atoms with Crippen molar-refractivity contribution in [2.45, 2.75) is 6.04 Å². The van der Waals surface area contributed by atoms with E-state index in [1.54, 1.807) is 12.1 Å². The van der Waals surface area contributed by atoms with Gasteiger partial charge >= 0.3 is 0 Å². The predicted molar refractivity (Wildman–Crippen MR) is 79.8 cm³/mol. The van der Waals surface area contributed by atoms with E-state index in [1.807, 2.05) is 30.3 Å². The summed E-state index contributed by atoms with van der Waals surface area (Å²) in [5.41, 5.74) is 4.62. The van der Waals surface area contributed by atoms with Crippen molar-refractivity contribution >= 4 is 39.1 Å². The highest BCUT2D eigenvalue weighted by Gasteiger charge is 2.18. The van der Waals surface area contributed by atoms with Crippen molar-refractivity contribution in [2.75, 3.05) is 0 Å². The van der Waals surface area contributed by atoms with Crippen LogP contribution >= 0.6 is 39.1 Å². The molecule has 0 heterocycles. The van der Waals surface area contributed by atoms with E-state index in [-0.39, 0.29) is 6.04 Å². The van der Waals surface area contributed by atoms with Gasteiger partial charge in [-0.1, -0.05) is 57.3 Å². The molecule has 0 fully saturated rings. The van der Waals surface area contributed by atoms with Crippen LogP contribution in [0.1, 0.15) is 17.2 Å². The molecule has 0 saturated carbocycles. The molecule has 0 aromatic heterocycles. The first kappa shape index (κ1) is 13.8. The molecule has 0 spiro atoms. The molecule has 0 aliphatic carbocycles. The summed E-state index contributed by atoms with van der Waals surface area (Å²) in [6.07, 6.45) is 0. The molecular weight excluding hydrogens is 335 g/mol. The molecular formula is C13H11BrCl2N2. The van der Waals surface area contributed by atoms with Gasteiger partial charge < -0.3 is 0 Å². The predicted octanol–water partition coefficient (Wildman–Crippen LogP) is 4.31. The van der Waals surface area contributed by atoms with Gasteiger partial charge in [-0.15, -0.1) is 0 Å². The average Bonchev–Trinajstić information content (AvgIpc) is 2.36. The lowest BCUT2D eigenvalue weighted by Crippen LogP contribution is -2.29. The zero-order chi connectivity index (χ0) is 13.1. The first-order valence-electron chi connectivity index (χ1n) is 5.29. The molecule has 2 aromatic carbocycles. The lowest BCUT2D eigenvalue weighted by atomic mass is 9.99. The Morgan fingerprint density at radius 3 is 2.44 bits per heavy atom. The summed E-state index contributed by atoms with van der Waals surface area (Å²) < 4.78 is 0.962. The minimum atomic E-state index is -0.216. The minimum absolute atomic E-state index is 0.216. The largest absolute Gasteiger partial charge is 0.271 e. The number of hydrogen-bond donors (Lipinski definition) is 2. The first-order chi connectivity index (χ1) is 8.63. The Bertz CT molecular complexity index is 560. The Hall–Kier alpha value is -0.580. The van der Waals surface area contributed by atoms with Gasteiger partial charge in [0.25, 0.3) is 0 Å². The fraction of sp³-hybridized carbons (Fsp3) is 0.0769. The van der Waals surface area contributed by atoms with Crippen molar-refractivity contribution in [3.05, 3.63) is 68.1 Å². The lowest BCUT2D eigenvalue weighted by Gasteiger charge is -2.19. The third-order valence-corrected chi connectivity index (χ3v) is 3.95. The fourth-order valence-corrected chi connectivity index (χ4v) is 2.71. The molecule has 2 rings (SSSR count). The van der Waals surface area contributed by atoms with Gasteiger partial charge in [0, 0.05) is 14.5 Å². The van der Waals surface area contributed by atoms with Crippen LogP contribution in [-0.2, 0) is 0 Å². The molecule has 94 valence electrons. The molecule has 0 saturated heterocycles. The second kappa shape index (κ2) is 6.04. The fourth-order valence-electron chi connectivity index (χ4n) is 1.79. The molecule has 2 aromatic rings. The van der Waals surface area contributed by atoms with Crippen molar-refractivity contribution in [1.29, 1.82) is 0 Å². The molecule has 18 heavy (non-hydrogen) atoms. The molecule has 2 nitrogen and oxygen atoms in total. The molecule has 1 atom stereocenters. The summed E-state index contributed by atoms with van der Waals surface area (Å²) >= 11 is 15.7. The van der Waals surface area contributed by atoms with Gasteiger partial charge in [-0.3, -0.25) is 5.84 Å². The number of hydrazine groups is 1. The molecule has 0 amide bonds. The van der Waals surface area contributed by atoms with E-state index in [0.717, 1.165) is 15.6 Å². The van der Waals surface area contributed by atoms with E-state index in [9.17, 15) is 0 Å². The second-order valence-corrected chi connectivity index (χ2v) is 5.49. The zero-order valence-corrected chi connectivity index (χ0v) is 12.4. The smallest absolute Gasteiger partial charge is 0.0735 e. The topological polar surface area (TPSA) is 38.0 Å². The van der Waals surface area contributed by atoms with Gasteiger partial charge in [0.1, 0.15) is 0 Å². The third kappa shape index (κ3) is 2.87. The number of rotatable bonds is 3. The van der Waals surface area contributed by atoms with Crippen LogP contribution in [0.5, 0.6) is 0 Å². The summed E-state index contributed by atoms with van der Waals surface area (Å²) in [6.45, 7) is 0. The van der Waals surface area contributed by atoms with Crippen LogP contribution in [0.3, 0.4) is 0 Å². The summed E-state index contributed by atoms with van der Waals surface area (Å²) in [5, 5.41) is 1.25. The second-order valence-electron chi connectivity index (χ2n) is 3.79. The zero-order valence-electron chi connectivity index (χ0n) is 9.33. The van der Waals surface area contributed by atoms with Gasteiger partial charge in [-0.05, 0) is 35.4 Å². The number of nitrogens with one attached hydrogen (secondary N) is 1. The first-order valence-corrected chi connectivity index (χ1v) is 6.84. The Kier molecular flexibility index (Phi) is 4.65. The molecule has 0 aliphatic heterocycles. The highest BCUT2D eigenvalue weighted by atomic mass is 79.9. The summed E-state index contributed by atoms with van der Waals surface area (Å²) in [7, 11) is 0. The van der Waals surface area contributed by atoms with Crippen molar-refractivity contribution in [1.82, 2.24) is 5.43 Å². The lowest BCUT2D eigenvalue weighted by molar-refractivity contribution is 0.635. The van der Waals surface area contributed by atoms with Crippen molar-refractivity contribution < 1.29 is 0 Å². The maximum absolute atomic E-state index is 6.20. The van der Waals surface area contributed by atoms with Crippen molar-refractivity contribution in [3.63, 3.8) is 0 Å². The van der Waals surface area contributed by atoms with E-state index < -0.39 is 0 Å². The molecule has 3 N–H and O–H groups in total. The number of nitrogens with two attached hydrogens (primary N) is 1. The Morgan fingerprint density at radius 1 is 1.06 bits per heavy atom. The maximum atomic E-state index is 6.20.